The lowest BCUT2D eigenvalue weighted by molar-refractivity contribution is -0.137. The Morgan fingerprint density at radius 2 is 1.94 bits per heavy atom. The van der Waals surface area contributed by atoms with Gasteiger partial charge in [0.1, 0.15) is 0 Å². The molecule has 2 aliphatic rings. The predicted molar refractivity (Wildman–Crippen MR) is 71.0 cm³/mol. The van der Waals surface area contributed by atoms with Crippen molar-refractivity contribution in [3.8, 4) is 0 Å². The summed E-state index contributed by atoms with van der Waals surface area (Å²) in [5.74, 6) is 0.238. The lowest BCUT2D eigenvalue weighted by Gasteiger charge is -2.32. The van der Waals surface area contributed by atoms with E-state index in [4.69, 9.17) is 5.73 Å². The zero-order chi connectivity index (χ0) is 13.2. The van der Waals surface area contributed by atoms with Gasteiger partial charge in [-0.3, -0.25) is 4.79 Å². The van der Waals surface area contributed by atoms with Crippen molar-refractivity contribution in [3.63, 3.8) is 0 Å². The summed E-state index contributed by atoms with van der Waals surface area (Å²) in [7, 11) is 0. The minimum Gasteiger partial charge on any atom is -0.390 e. The molecule has 1 heterocycles. The minimum absolute atomic E-state index is 0.0156. The van der Waals surface area contributed by atoms with Crippen molar-refractivity contribution >= 4 is 5.91 Å². The van der Waals surface area contributed by atoms with Gasteiger partial charge in [-0.15, -0.1) is 0 Å². The molecule has 4 nitrogen and oxygen atoms in total. The molecule has 0 radical (unpaired) electrons. The second kappa shape index (κ2) is 5.57. The van der Waals surface area contributed by atoms with Crippen LogP contribution in [-0.2, 0) is 4.79 Å². The van der Waals surface area contributed by atoms with Gasteiger partial charge in [-0.1, -0.05) is 12.8 Å². The number of hydrogen-bond donors (Lipinski definition) is 2. The summed E-state index contributed by atoms with van der Waals surface area (Å²) in [6, 6.07) is 0.0370. The molecule has 3 unspecified atom stereocenters. The molecule has 0 aromatic rings. The van der Waals surface area contributed by atoms with Crippen LogP contribution in [0.15, 0.2) is 0 Å². The Labute approximate surface area is 110 Å². The van der Waals surface area contributed by atoms with Crippen LogP contribution in [0.4, 0.5) is 0 Å². The fraction of sp³-hybridized carbons (Fsp3) is 0.929. The van der Waals surface area contributed by atoms with E-state index in [1.165, 1.54) is 0 Å². The van der Waals surface area contributed by atoms with Crippen LogP contribution in [0.1, 0.15) is 51.9 Å². The molecule has 1 aliphatic heterocycles. The fourth-order valence-electron chi connectivity index (χ4n) is 3.18. The maximum atomic E-state index is 12.5. The van der Waals surface area contributed by atoms with Crippen LogP contribution in [0.25, 0.3) is 0 Å². The van der Waals surface area contributed by atoms with Crippen LogP contribution in [0, 0.1) is 5.92 Å². The first kappa shape index (κ1) is 13.8. The van der Waals surface area contributed by atoms with Crippen molar-refractivity contribution in [2.24, 2.45) is 11.7 Å². The predicted octanol–water partition coefficient (Wildman–Crippen LogP) is 1.27. The van der Waals surface area contributed by atoms with Crippen molar-refractivity contribution in [2.75, 3.05) is 13.1 Å². The summed E-state index contributed by atoms with van der Waals surface area (Å²) in [4.78, 5) is 14.4. The van der Waals surface area contributed by atoms with E-state index < -0.39 is 5.60 Å². The summed E-state index contributed by atoms with van der Waals surface area (Å²) >= 11 is 0. The number of rotatable bonds is 1. The van der Waals surface area contributed by atoms with Gasteiger partial charge in [-0.25, -0.2) is 0 Å². The van der Waals surface area contributed by atoms with Gasteiger partial charge in [0.2, 0.25) is 5.91 Å². The number of aliphatic hydroxyl groups is 1. The molecule has 1 amide bonds. The minimum atomic E-state index is -0.607. The molecule has 2 fully saturated rings. The van der Waals surface area contributed by atoms with Crippen LogP contribution in [-0.4, -0.2) is 40.6 Å². The molecule has 3 N–H and O–H groups in total. The highest BCUT2D eigenvalue weighted by atomic mass is 16.3. The largest absolute Gasteiger partial charge is 0.390 e. The highest BCUT2D eigenvalue weighted by Crippen LogP contribution is 2.27. The van der Waals surface area contributed by atoms with Crippen LogP contribution in [0.5, 0.6) is 0 Å². The Bertz CT molecular complexity index is 304. The SMILES string of the molecule is CC1(O)CCCN(C(=O)C2CCCCC2N)CC1. The van der Waals surface area contributed by atoms with E-state index in [9.17, 15) is 9.90 Å². The van der Waals surface area contributed by atoms with Crippen LogP contribution in [0.3, 0.4) is 0 Å². The number of likely N-dealkylation sites (tertiary alicyclic amines) is 1. The van der Waals surface area contributed by atoms with Gasteiger partial charge in [-0.05, 0) is 39.0 Å². The topological polar surface area (TPSA) is 66.6 Å². The molecule has 4 heteroatoms. The van der Waals surface area contributed by atoms with Gasteiger partial charge in [0.25, 0.3) is 0 Å². The first-order valence-electron chi connectivity index (χ1n) is 7.26. The molecule has 18 heavy (non-hydrogen) atoms. The van der Waals surface area contributed by atoms with Crippen molar-refractivity contribution in [1.82, 2.24) is 4.90 Å². The Balaban J connectivity index is 1.96. The van der Waals surface area contributed by atoms with Crippen LogP contribution < -0.4 is 5.73 Å². The standard InChI is InChI=1S/C14H26N2O2/c1-14(18)7-4-9-16(10-8-14)13(17)11-5-2-3-6-12(11)15/h11-12,18H,2-10,15H2,1H3. The zero-order valence-corrected chi connectivity index (χ0v) is 11.4. The van der Waals surface area contributed by atoms with Crippen molar-refractivity contribution in [3.05, 3.63) is 0 Å². The second-order valence-corrected chi connectivity index (χ2v) is 6.23. The van der Waals surface area contributed by atoms with Gasteiger partial charge < -0.3 is 15.7 Å². The van der Waals surface area contributed by atoms with Crippen molar-refractivity contribution in [1.29, 1.82) is 0 Å². The molecule has 0 aromatic carbocycles. The maximum absolute atomic E-state index is 12.5. The third kappa shape index (κ3) is 3.23. The van der Waals surface area contributed by atoms with Gasteiger partial charge >= 0.3 is 0 Å². The normalized spacial score (nSPS) is 38.3. The summed E-state index contributed by atoms with van der Waals surface area (Å²) in [5.41, 5.74) is 5.47. The van der Waals surface area contributed by atoms with E-state index in [2.05, 4.69) is 0 Å². The van der Waals surface area contributed by atoms with Gasteiger partial charge in [-0.2, -0.15) is 0 Å². The average molecular weight is 254 g/mol. The highest BCUT2D eigenvalue weighted by molar-refractivity contribution is 5.79. The average Bonchev–Trinajstić information content (AvgIpc) is 2.50. The summed E-state index contributed by atoms with van der Waals surface area (Å²) in [5, 5.41) is 10.1. The van der Waals surface area contributed by atoms with Crippen LogP contribution >= 0.6 is 0 Å². The van der Waals surface area contributed by atoms with Gasteiger partial charge in [0.15, 0.2) is 0 Å². The molecule has 0 aromatic heterocycles. The first-order valence-corrected chi connectivity index (χ1v) is 7.26. The van der Waals surface area contributed by atoms with E-state index in [0.717, 1.165) is 45.1 Å². The monoisotopic (exact) mass is 254 g/mol. The quantitative estimate of drug-likeness (QED) is 0.740. The highest BCUT2D eigenvalue weighted by Gasteiger charge is 2.34. The Hall–Kier alpha value is -0.610. The maximum Gasteiger partial charge on any atom is 0.227 e. The number of nitrogens with zero attached hydrogens (tertiary/aromatic N) is 1. The number of carbonyl (C=O) groups excluding carboxylic acids is 1. The molecule has 0 spiro atoms. The summed E-state index contributed by atoms with van der Waals surface area (Å²) in [6.07, 6.45) is 6.54. The Kier molecular flexibility index (Phi) is 4.28. The summed E-state index contributed by atoms with van der Waals surface area (Å²) < 4.78 is 0. The first-order chi connectivity index (χ1) is 8.49. The van der Waals surface area contributed by atoms with E-state index >= 15 is 0 Å². The van der Waals surface area contributed by atoms with Crippen molar-refractivity contribution in [2.45, 2.75) is 63.5 Å². The zero-order valence-electron chi connectivity index (χ0n) is 11.4. The Morgan fingerprint density at radius 3 is 2.67 bits per heavy atom. The van der Waals surface area contributed by atoms with Crippen LogP contribution in [0.2, 0.25) is 0 Å². The third-order valence-corrected chi connectivity index (χ3v) is 4.51. The van der Waals surface area contributed by atoms with Gasteiger partial charge in [0, 0.05) is 19.1 Å². The van der Waals surface area contributed by atoms with Crippen molar-refractivity contribution < 1.29 is 9.90 Å². The van der Waals surface area contributed by atoms with E-state index in [1.54, 1.807) is 0 Å². The molecule has 2 rings (SSSR count). The summed E-state index contributed by atoms with van der Waals surface area (Å²) in [6.45, 7) is 3.32. The van der Waals surface area contributed by atoms with Gasteiger partial charge in [0.05, 0.1) is 11.5 Å². The second-order valence-electron chi connectivity index (χ2n) is 6.23. The number of hydrogen-bond acceptors (Lipinski definition) is 3. The smallest absolute Gasteiger partial charge is 0.227 e. The molecule has 104 valence electrons. The molecule has 0 bridgehead atoms. The Morgan fingerprint density at radius 1 is 1.22 bits per heavy atom. The molecular formula is C14H26N2O2. The fourth-order valence-corrected chi connectivity index (χ4v) is 3.18. The van der Waals surface area contributed by atoms with E-state index in [1.807, 2.05) is 11.8 Å². The lowest BCUT2D eigenvalue weighted by Crippen LogP contribution is -2.46. The number of carbonyl (C=O) groups is 1. The number of amides is 1. The molecule has 1 saturated carbocycles. The molecule has 1 aliphatic carbocycles. The molecule has 3 atom stereocenters. The lowest BCUT2D eigenvalue weighted by atomic mass is 9.84. The number of nitrogens with two attached hydrogens (primary N) is 1. The molecule has 1 saturated heterocycles. The van der Waals surface area contributed by atoms with E-state index in [-0.39, 0.29) is 17.9 Å². The molecular weight excluding hydrogens is 228 g/mol. The third-order valence-electron chi connectivity index (χ3n) is 4.51. The van der Waals surface area contributed by atoms with E-state index in [0.29, 0.717) is 13.0 Å².